The third kappa shape index (κ3) is 1.66. The second-order valence-corrected chi connectivity index (χ2v) is 2.92. The van der Waals surface area contributed by atoms with Gasteiger partial charge in [-0.25, -0.2) is 0 Å². The molecule has 0 bridgehead atoms. The molecule has 0 unspecified atom stereocenters. The van der Waals surface area contributed by atoms with Crippen molar-refractivity contribution in [3.63, 3.8) is 0 Å². The third-order valence-corrected chi connectivity index (χ3v) is 2.12. The molecule has 0 saturated carbocycles. The van der Waals surface area contributed by atoms with Crippen molar-refractivity contribution in [2.75, 3.05) is 14.2 Å². The van der Waals surface area contributed by atoms with Gasteiger partial charge in [-0.2, -0.15) is 0 Å². The molecule has 0 aliphatic carbocycles. The quantitative estimate of drug-likeness (QED) is 0.771. The molecule has 1 aromatic carbocycles. The Morgan fingerprint density at radius 2 is 1.73 bits per heavy atom. The van der Waals surface area contributed by atoms with Crippen LogP contribution in [0.2, 0.25) is 0 Å². The van der Waals surface area contributed by atoms with Crippen molar-refractivity contribution >= 4 is 0 Å². The van der Waals surface area contributed by atoms with Crippen LogP contribution < -0.4 is 9.47 Å². The molecule has 0 fully saturated rings. The minimum absolute atomic E-state index is 0.698. The highest BCUT2D eigenvalue weighted by Gasteiger charge is 2.14. The van der Waals surface area contributed by atoms with Crippen molar-refractivity contribution in [3.8, 4) is 22.8 Å². The zero-order valence-corrected chi connectivity index (χ0v) is 8.56. The normalized spacial score (nSPS) is 10.0. The van der Waals surface area contributed by atoms with E-state index in [1.165, 1.54) is 6.26 Å². The maximum atomic E-state index is 5.25. The average molecular weight is 205 g/mol. The first kappa shape index (κ1) is 9.58. The fourth-order valence-electron chi connectivity index (χ4n) is 1.45. The van der Waals surface area contributed by atoms with Crippen molar-refractivity contribution in [2.24, 2.45) is 0 Å². The SMILES string of the molecule is COc1cccc(OC)c1-c1ccon1. The molecule has 2 aromatic rings. The third-order valence-electron chi connectivity index (χ3n) is 2.12. The van der Waals surface area contributed by atoms with Crippen molar-refractivity contribution in [1.29, 1.82) is 0 Å². The first-order valence-electron chi connectivity index (χ1n) is 4.48. The van der Waals surface area contributed by atoms with Crippen LogP contribution in [0.3, 0.4) is 0 Å². The molecule has 1 aromatic heterocycles. The van der Waals surface area contributed by atoms with E-state index in [1.807, 2.05) is 18.2 Å². The van der Waals surface area contributed by atoms with Crippen LogP contribution >= 0.6 is 0 Å². The summed E-state index contributed by atoms with van der Waals surface area (Å²) in [5.41, 5.74) is 1.50. The largest absolute Gasteiger partial charge is 0.496 e. The summed E-state index contributed by atoms with van der Waals surface area (Å²) in [6.45, 7) is 0. The summed E-state index contributed by atoms with van der Waals surface area (Å²) >= 11 is 0. The molecule has 2 rings (SSSR count). The van der Waals surface area contributed by atoms with E-state index >= 15 is 0 Å². The summed E-state index contributed by atoms with van der Waals surface area (Å²) in [7, 11) is 3.22. The molecule has 78 valence electrons. The molecule has 4 heteroatoms. The van der Waals surface area contributed by atoms with E-state index in [9.17, 15) is 0 Å². The molecule has 0 amide bonds. The Morgan fingerprint density at radius 3 is 2.20 bits per heavy atom. The number of hydrogen-bond donors (Lipinski definition) is 0. The van der Waals surface area contributed by atoms with Crippen LogP contribution in [0.4, 0.5) is 0 Å². The topological polar surface area (TPSA) is 44.5 Å². The highest BCUT2D eigenvalue weighted by molar-refractivity contribution is 5.73. The van der Waals surface area contributed by atoms with Gasteiger partial charge in [-0.05, 0) is 12.1 Å². The summed E-state index contributed by atoms with van der Waals surface area (Å²) in [6.07, 6.45) is 1.52. The van der Waals surface area contributed by atoms with Crippen LogP contribution in [0.25, 0.3) is 11.3 Å². The zero-order chi connectivity index (χ0) is 10.7. The Morgan fingerprint density at radius 1 is 1.07 bits per heavy atom. The second kappa shape index (κ2) is 4.04. The van der Waals surface area contributed by atoms with Gasteiger partial charge in [0.05, 0.1) is 19.8 Å². The Balaban J connectivity index is 2.61. The van der Waals surface area contributed by atoms with Gasteiger partial charge in [-0.1, -0.05) is 11.2 Å². The first-order valence-corrected chi connectivity index (χ1v) is 4.48. The fraction of sp³-hybridized carbons (Fsp3) is 0.182. The van der Waals surface area contributed by atoms with E-state index in [2.05, 4.69) is 5.16 Å². The number of rotatable bonds is 3. The van der Waals surface area contributed by atoms with Gasteiger partial charge in [0.15, 0.2) is 0 Å². The van der Waals surface area contributed by atoms with Gasteiger partial charge in [0.25, 0.3) is 0 Å². The molecular weight excluding hydrogens is 194 g/mol. The van der Waals surface area contributed by atoms with E-state index in [0.29, 0.717) is 17.2 Å². The van der Waals surface area contributed by atoms with E-state index in [1.54, 1.807) is 20.3 Å². The second-order valence-electron chi connectivity index (χ2n) is 2.92. The fourth-order valence-corrected chi connectivity index (χ4v) is 1.45. The van der Waals surface area contributed by atoms with E-state index < -0.39 is 0 Å². The number of benzene rings is 1. The molecule has 4 nitrogen and oxygen atoms in total. The first-order chi connectivity index (χ1) is 7.36. The number of hydrogen-bond acceptors (Lipinski definition) is 4. The molecule has 0 aliphatic rings. The Hall–Kier alpha value is -1.97. The monoisotopic (exact) mass is 205 g/mol. The molecule has 0 aliphatic heterocycles. The van der Waals surface area contributed by atoms with E-state index in [0.717, 1.165) is 5.56 Å². The molecule has 0 saturated heterocycles. The molecule has 0 atom stereocenters. The van der Waals surface area contributed by atoms with Gasteiger partial charge in [-0.3, -0.25) is 0 Å². The lowest BCUT2D eigenvalue weighted by Crippen LogP contribution is -1.92. The van der Waals surface area contributed by atoms with Gasteiger partial charge >= 0.3 is 0 Å². The van der Waals surface area contributed by atoms with E-state index in [-0.39, 0.29) is 0 Å². The molecule has 15 heavy (non-hydrogen) atoms. The summed E-state index contributed by atoms with van der Waals surface area (Å²) in [6, 6.07) is 7.33. The summed E-state index contributed by atoms with van der Waals surface area (Å²) in [4.78, 5) is 0. The lowest BCUT2D eigenvalue weighted by Gasteiger charge is -2.10. The lowest BCUT2D eigenvalue weighted by atomic mass is 10.1. The minimum Gasteiger partial charge on any atom is -0.496 e. The van der Waals surface area contributed by atoms with Crippen molar-refractivity contribution in [3.05, 3.63) is 30.5 Å². The molecule has 0 N–H and O–H groups in total. The van der Waals surface area contributed by atoms with Gasteiger partial charge in [-0.15, -0.1) is 0 Å². The minimum atomic E-state index is 0.698. The maximum absolute atomic E-state index is 5.25. The van der Waals surface area contributed by atoms with Crippen LogP contribution in [0.15, 0.2) is 35.1 Å². The molecular formula is C11H11NO3. The smallest absolute Gasteiger partial charge is 0.132 e. The van der Waals surface area contributed by atoms with Gasteiger partial charge in [0, 0.05) is 6.07 Å². The number of nitrogens with zero attached hydrogens (tertiary/aromatic N) is 1. The van der Waals surface area contributed by atoms with Crippen LogP contribution in [0.1, 0.15) is 0 Å². The number of methoxy groups -OCH3 is 2. The van der Waals surface area contributed by atoms with Gasteiger partial charge in [0.2, 0.25) is 0 Å². The van der Waals surface area contributed by atoms with Crippen LogP contribution in [-0.2, 0) is 0 Å². The predicted octanol–water partition coefficient (Wildman–Crippen LogP) is 2.36. The van der Waals surface area contributed by atoms with Crippen molar-refractivity contribution in [2.45, 2.75) is 0 Å². The van der Waals surface area contributed by atoms with Crippen LogP contribution in [0.5, 0.6) is 11.5 Å². The highest BCUT2D eigenvalue weighted by Crippen LogP contribution is 2.36. The van der Waals surface area contributed by atoms with Gasteiger partial charge in [0.1, 0.15) is 23.5 Å². The number of ether oxygens (including phenoxy) is 2. The maximum Gasteiger partial charge on any atom is 0.132 e. The predicted molar refractivity (Wildman–Crippen MR) is 55.0 cm³/mol. The highest BCUT2D eigenvalue weighted by atomic mass is 16.5. The summed E-state index contributed by atoms with van der Waals surface area (Å²) in [5, 5.41) is 3.87. The van der Waals surface area contributed by atoms with E-state index in [4.69, 9.17) is 14.0 Å². The van der Waals surface area contributed by atoms with Crippen molar-refractivity contribution < 1.29 is 14.0 Å². The molecule has 0 radical (unpaired) electrons. The Kier molecular flexibility index (Phi) is 2.58. The lowest BCUT2D eigenvalue weighted by molar-refractivity contribution is 0.393. The average Bonchev–Trinajstić information content (AvgIpc) is 2.81. The Bertz CT molecular complexity index is 415. The van der Waals surface area contributed by atoms with Gasteiger partial charge < -0.3 is 14.0 Å². The number of aromatic nitrogens is 1. The van der Waals surface area contributed by atoms with Crippen molar-refractivity contribution in [1.82, 2.24) is 5.16 Å². The zero-order valence-electron chi connectivity index (χ0n) is 8.56. The van der Waals surface area contributed by atoms with Crippen LogP contribution in [0, 0.1) is 0 Å². The van der Waals surface area contributed by atoms with Crippen LogP contribution in [-0.4, -0.2) is 19.4 Å². The Labute approximate surface area is 87.4 Å². The molecule has 0 spiro atoms. The summed E-state index contributed by atoms with van der Waals surface area (Å²) in [5.74, 6) is 1.42. The summed E-state index contributed by atoms with van der Waals surface area (Å²) < 4.78 is 15.3. The molecule has 1 heterocycles. The standard InChI is InChI=1S/C11H11NO3/c1-13-9-4-3-5-10(14-2)11(9)8-6-7-15-12-8/h3-7H,1-2H3.